The Morgan fingerprint density at radius 1 is 1.12 bits per heavy atom. The van der Waals surface area contributed by atoms with E-state index >= 15 is 0 Å². The number of hydrogen-bond acceptors (Lipinski definition) is 4. The molecule has 0 aliphatic heterocycles. The highest BCUT2D eigenvalue weighted by Crippen LogP contribution is 2.35. The van der Waals surface area contributed by atoms with Crippen LogP contribution in [0.25, 0.3) is 11.0 Å². The van der Waals surface area contributed by atoms with E-state index in [-0.39, 0.29) is 0 Å². The molecule has 2 aromatic heterocycles. The molecule has 0 radical (unpaired) electrons. The van der Waals surface area contributed by atoms with E-state index < -0.39 is 0 Å². The van der Waals surface area contributed by atoms with Gasteiger partial charge in [-0.15, -0.1) is 0 Å². The number of nitrogens with one attached hydrogen (secondary N) is 1. The molecule has 0 bridgehead atoms. The standard InChI is InChI=1S/C10H11Br2N3O2/c1-3-16-9-7-6(5(11)8(12)13-7)14-10(15-9)17-4-2/h13H,3-4H2,1-2H3. The third-order valence-electron chi connectivity index (χ3n) is 2.05. The zero-order chi connectivity index (χ0) is 12.4. The Balaban J connectivity index is 2.63. The fourth-order valence-corrected chi connectivity index (χ4v) is 2.17. The van der Waals surface area contributed by atoms with Crippen molar-refractivity contribution in [3.8, 4) is 11.9 Å². The summed E-state index contributed by atoms with van der Waals surface area (Å²) in [7, 11) is 0. The molecule has 92 valence electrons. The minimum absolute atomic E-state index is 0.315. The second-order valence-corrected chi connectivity index (χ2v) is 4.74. The van der Waals surface area contributed by atoms with Crippen molar-refractivity contribution in [2.75, 3.05) is 13.2 Å². The molecule has 5 nitrogen and oxygen atoms in total. The van der Waals surface area contributed by atoms with Crippen molar-refractivity contribution in [3.63, 3.8) is 0 Å². The smallest absolute Gasteiger partial charge is 0.320 e. The SMILES string of the molecule is CCOc1nc(OCC)c2[nH]c(Br)c(Br)c2n1. The molecule has 2 aromatic rings. The van der Waals surface area contributed by atoms with Crippen molar-refractivity contribution >= 4 is 42.9 Å². The number of aromatic amines is 1. The van der Waals surface area contributed by atoms with Crippen molar-refractivity contribution in [2.24, 2.45) is 0 Å². The summed E-state index contributed by atoms with van der Waals surface area (Å²) in [5.74, 6) is 0.493. The molecule has 7 heteroatoms. The fourth-order valence-electron chi connectivity index (χ4n) is 1.40. The van der Waals surface area contributed by atoms with Crippen LogP contribution >= 0.6 is 31.9 Å². The fraction of sp³-hybridized carbons (Fsp3) is 0.400. The molecule has 0 saturated heterocycles. The largest absolute Gasteiger partial charge is 0.476 e. The molecule has 0 fully saturated rings. The first-order valence-electron chi connectivity index (χ1n) is 5.17. The normalized spacial score (nSPS) is 10.8. The topological polar surface area (TPSA) is 60.0 Å². The van der Waals surface area contributed by atoms with Gasteiger partial charge in [0.1, 0.15) is 11.0 Å². The van der Waals surface area contributed by atoms with E-state index in [2.05, 4.69) is 46.8 Å². The van der Waals surface area contributed by atoms with E-state index in [1.54, 1.807) is 0 Å². The third-order valence-corrected chi connectivity index (χ3v) is 3.94. The predicted molar refractivity (Wildman–Crippen MR) is 71.6 cm³/mol. The maximum absolute atomic E-state index is 5.47. The number of rotatable bonds is 4. The molecule has 0 aliphatic carbocycles. The summed E-state index contributed by atoms with van der Waals surface area (Å²) in [5.41, 5.74) is 1.48. The lowest BCUT2D eigenvalue weighted by Gasteiger charge is -2.06. The zero-order valence-corrected chi connectivity index (χ0v) is 12.6. The van der Waals surface area contributed by atoms with Gasteiger partial charge >= 0.3 is 6.01 Å². The third kappa shape index (κ3) is 2.40. The lowest BCUT2D eigenvalue weighted by Crippen LogP contribution is -2.01. The Hall–Kier alpha value is -0.820. The lowest BCUT2D eigenvalue weighted by atomic mass is 10.4. The molecule has 0 saturated carbocycles. The lowest BCUT2D eigenvalue weighted by molar-refractivity contribution is 0.292. The number of ether oxygens (including phenoxy) is 2. The van der Waals surface area contributed by atoms with E-state index in [1.807, 2.05) is 13.8 Å². The van der Waals surface area contributed by atoms with Gasteiger partial charge in [0.25, 0.3) is 0 Å². The Morgan fingerprint density at radius 2 is 1.82 bits per heavy atom. The van der Waals surface area contributed by atoms with Crippen LogP contribution in [0.1, 0.15) is 13.8 Å². The van der Waals surface area contributed by atoms with E-state index in [4.69, 9.17) is 9.47 Å². The molecular formula is C10H11Br2N3O2. The Labute approximate surface area is 115 Å². The first kappa shape index (κ1) is 12.6. The number of H-pyrrole nitrogens is 1. The Bertz CT molecular complexity index is 542. The maximum Gasteiger partial charge on any atom is 0.320 e. The number of aromatic nitrogens is 3. The van der Waals surface area contributed by atoms with Gasteiger partial charge in [0.2, 0.25) is 5.88 Å². The van der Waals surface area contributed by atoms with Gasteiger partial charge in [-0.05, 0) is 45.7 Å². The monoisotopic (exact) mass is 363 g/mol. The number of fused-ring (bicyclic) bond motifs is 1. The minimum atomic E-state index is 0.315. The van der Waals surface area contributed by atoms with Crippen molar-refractivity contribution < 1.29 is 9.47 Å². The average molecular weight is 365 g/mol. The average Bonchev–Trinajstić information content (AvgIpc) is 2.58. The Morgan fingerprint density at radius 3 is 2.47 bits per heavy atom. The van der Waals surface area contributed by atoms with Gasteiger partial charge in [-0.2, -0.15) is 9.97 Å². The Kier molecular flexibility index (Phi) is 3.88. The highest BCUT2D eigenvalue weighted by molar-refractivity contribution is 9.13. The highest BCUT2D eigenvalue weighted by Gasteiger charge is 2.16. The van der Waals surface area contributed by atoms with Crippen LogP contribution in [0, 0.1) is 0 Å². The minimum Gasteiger partial charge on any atom is -0.476 e. The summed E-state index contributed by atoms with van der Waals surface area (Å²) >= 11 is 6.83. The van der Waals surface area contributed by atoms with Crippen molar-refractivity contribution in [3.05, 3.63) is 9.08 Å². The highest BCUT2D eigenvalue weighted by atomic mass is 79.9. The number of nitrogens with zero attached hydrogens (tertiary/aromatic N) is 2. The molecule has 0 spiro atoms. The number of halogens is 2. The first-order chi connectivity index (χ1) is 8.17. The van der Waals surface area contributed by atoms with Crippen LogP contribution in [-0.2, 0) is 0 Å². The summed E-state index contributed by atoms with van der Waals surface area (Å²) < 4.78 is 12.4. The molecule has 0 aromatic carbocycles. The summed E-state index contributed by atoms with van der Waals surface area (Å²) in [4.78, 5) is 11.6. The summed E-state index contributed by atoms with van der Waals surface area (Å²) in [5, 5.41) is 0. The summed E-state index contributed by atoms with van der Waals surface area (Å²) in [6, 6.07) is 0.315. The van der Waals surface area contributed by atoms with Crippen molar-refractivity contribution in [1.82, 2.24) is 15.0 Å². The van der Waals surface area contributed by atoms with Crippen LogP contribution in [0.4, 0.5) is 0 Å². The molecule has 0 atom stereocenters. The second-order valence-electron chi connectivity index (χ2n) is 3.15. The maximum atomic E-state index is 5.47. The van der Waals surface area contributed by atoms with Crippen LogP contribution < -0.4 is 9.47 Å². The van der Waals surface area contributed by atoms with E-state index in [1.165, 1.54) is 0 Å². The molecule has 0 amide bonds. The van der Waals surface area contributed by atoms with Crippen LogP contribution in [0.2, 0.25) is 0 Å². The van der Waals surface area contributed by atoms with Crippen molar-refractivity contribution in [1.29, 1.82) is 0 Å². The van der Waals surface area contributed by atoms with Gasteiger partial charge in [0, 0.05) is 0 Å². The summed E-state index contributed by atoms with van der Waals surface area (Å²) in [6.45, 7) is 4.84. The van der Waals surface area contributed by atoms with Crippen LogP contribution in [0.15, 0.2) is 9.08 Å². The molecule has 17 heavy (non-hydrogen) atoms. The molecule has 0 aliphatic rings. The first-order valence-corrected chi connectivity index (χ1v) is 6.76. The molecule has 2 rings (SSSR count). The van der Waals surface area contributed by atoms with Crippen LogP contribution in [0.3, 0.4) is 0 Å². The summed E-state index contributed by atoms with van der Waals surface area (Å²) in [6.07, 6.45) is 0. The van der Waals surface area contributed by atoms with Gasteiger partial charge in [0.15, 0.2) is 0 Å². The van der Waals surface area contributed by atoms with E-state index in [0.29, 0.717) is 25.1 Å². The number of hydrogen-bond donors (Lipinski definition) is 1. The second kappa shape index (κ2) is 5.22. The van der Waals surface area contributed by atoms with Gasteiger partial charge < -0.3 is 14.5 Å². The molecular weight excluding hydrogens is 354 g/mol. The molecule has 0 unspecified atom stereocenters. The van der Waals surface area contributed by atoms with Gasteiger partial charge in [-0.3, -0.25) is 0 Å². The predicted octanol–water partition coefficient (Wildman–Crippen LogP) is 3.28. The van der Waals surface area contributed by atoms with Gasteiger partial charge in [-0.25, -0.2) is 0 Å². The van der Waals surface area contributed by atoms with E-state index in [9.17, 15) is 0 Å². The van der Waals surface area contributed by atoms with Gasteiger partial charge in [-0.1, -0.05) is 0 Å². The van der Waals surface area contributed by atoms with Crippen LogP contribution in [-0.4, -0.2) is 28.2 Å². The quantitative estimate of drug-likeness (QED) is 0.904. The van der Waals surface area contributed by atoms with Gasteiger partial charge in [0.05, 0.1) is 22.3 Å². The molecule has 1 N–H and O–H groups in total. The zero-order valence-electron chi connectivity index (χ0n) is 9.38. The molecule has 2 heterocycles. The van der Waals surface area contributed by atoms with E-state index in [0.717, 1.165) is 20.1 Å². The van der Waals surface area contributed by atoms with Crippen molar-refractivity contribution in [2.45, 2.75) is 13.8 Å². The van der Waals surface area contributed by atoms with Crippen LogP contribution in [0.5, 0.6) is 11.9 Å².